The third-order valence-electron chi connectivity index (χ3n) is 3.91. The Morgan fingerprint density at radius 3 is 2.36 bits per heavy atom. The normalized spacial score (nSPS) is 14.1. The molecule has 1 amide bonds. The first-order valence-corrected chi connectivity index (χ1v) is 7.73. The van der Waals surface area contributed by atoms with Crippen molar-refractivity contribution in [2.75, 3.05) is 23.3 Å². The lowest BCUT2D eigenvalue weighted by Crippen LogP contribution is -2.20. The maximum absolute atomic E-state index is 12.2. The molecule has 114 valence electrons. The molecule has 0 saturated carbocycles. The molecular weight excluding hydrogens is 276 g/mol. The lowest BCUT2D eigenvalue weighted by Gasteiger charge is -2.14. The maximum atomic E-state index is 12.2. The minimum absolute atomic E-state index is 0.139. The summed E-state index contributed by atoms with van der Waals surface area (Å²) in [6.45, 7) is 4.11. The fourth-order valence-corrected chi connectivity index (χ4v) is 2.56. The van der Waals surface area contributed by atoms with E-state index in [1.807, 2.05) is 24.3 Å². The Labute approximate surface area is 130 Å². The molecule has 0 unspecified atom stereocenters. The summed E-state index contributed by atoms with van der Waals surface area (Å²) in [5.41, 5.74) is 2.48. The molecule has 1 aliphatic rings. The average molecular weight is 296 g/mol. The standard InChI is InChI=1S/C17H20N4O/c1-2-13-5-7-14(8-6-13)16(22)20-15-11-18-17(19-12-15)21-9-3-4-10-21/h5-8,11-12H,2-4,9-10H2,1H3,(H,20,22). The topological polar surface area (TPSA) is 58.1 Å². The number of hydrogen-bond donors (Lipinski definition) is 1. The molecule has 1 saturated heterocycles. The summed E-state index contributed by atoms with van der Waals surface area (Å²) in [7, 11) is 0. The van der Waals surface area contributed by atoms with Crippen LogP contribution in [0.25, 0.3) is 0 Å². The summed E-state index contributed by atoms with van der Waals surface area (Å²) in [4.78, 5) is 23.0. The smallest absolute Gasteiger partial charge is 0.255 e. The van der Waals surface area contributed by atoms with Crippen LogP contribution in [0.4, 0.5) is 11.6 Å². The first-order valence-electron chi connectivity index (χ1n) is 7.73. The number of aryl methyl sites for hydroxylation is 1. The first kappa shape index (κ1) is 14.5. The molecule has 1 aromatic heterocycles. The zero-order valence-corrected chi connectivity index (χ0v) is 12.7. The van der Waals surface area contributed by atoms with Gasteiger partial charge in [-0.2, -0.15) is 0 Å². The lowest BCUT2D eigenvalue weighted by atomic mass is 10.1. The van der Waals surface area contributed by atoms with Crippen molar-refractivity contribution in [3.05, 3.63) is 47.8 Å². The molecule has 5 heteroatoms. The fourth-order valence-electron chi connectivity index (χ4n) is 2.56. The third kappa shape index (κ3) is 3.24. The van der Waals surface area contributed by atoms with Crippen molar-refractivity contribution < 1.29 is 4.79 Å². The van der Waals surface area contributed by atoms with Gasteiger partial charge in [-0.05, 0) is 37.0 Å². The van der Waals surface area contributed by atoms with Crippen LogP contribution in [0.1, 0.15) is 35.7 Å². The van der Waals surface area contributed by atoms with Crippen molar-refractivity contribution in [3.8, 4) is 0 Å². The zero-order valence-electron chi connectivity index (χ0n) is 12.7. The van der Waals surface area contributed by atoms with Crippen LogP contribution in [0.2, 0.25) is 0 Å². The molecule has 1 aliphatic heterocycles. The molecule has 0 radical (unpaired) electrons. The van der Waals surface area contributed by atoms with Gasteiger partial charge in [0.05, 0.1) is 18.1 Å². The predicted octanol–water partition coefficient (Wildman–Crippen LogP) is 2.89. The van der Waals surface area contributed by atoms with E-state index in [1.54, 1.807) is 12.4 Å². The second-order valence-electron chi connectivity index (χ2n) is 5.47. The highest BCUT2D eigenvalue weighted by Gasteiger charge is 2.14. The van der Waals surface area contributed by atoms with E-state index in [9.17, 15) is 4.79 Å². The Hall–Kier alpha value is -2.43. The molecule has 22 heavy (non-hydrogen) atoms. The molecule has 0 atom stereocenters. The molecule has 0 bridgehead atoms. The van der Waals surface area contributed by atoms with Crippen LogP contribution in [-0.2, 0) is 6.42 Å². The highest BCUT2D eigenvalue weighted by Crippen LogP contribution is 2.16. The van der Waals surface area contributed by atoms with Crippen molar-refractivity contribution in [2.24, 2.45) is 0 Å². The monoisotopic (exact) mass is 296 g/mol. The average Bonchev–Trinajstić information content (AvgIpc) is 3.10. The molecular formula is C17H20N4O. The number of rotatable bonds is 4. The van der Waals surface area contributed by atoms with E-state index in [2.05, 4.69) is 27.1 Å². The van der Waals surface area contributed by atoms with Gasteiger partial charge in [-0.3, -0.25) is 4.79 Å². The molecule has 1 fully saturated rings. The van der Waals surface area contributed by atoms with E-state index < -0.39 is 0 Å². The van der Waals surface area contributed by atoms with Crippen LogP contribution in [0.15, 0.2) is 36.7 Å². The van der Waals surface area contributed by atoms with Gasteiger partial charge >= 0.3 is 0 Å². The van der Waals surface area contributed by atoms with E-state index >= 15 is 0 Å². The number of hydrogen-bond acceptors (Lipinski definition) is 4. The Morgan fingerprint density at radius 2 is 1.77 bits per heavy atom. The molecule has 2 aromatic rings. The zero-order chi connectivity index (χ0) is 15.4. The number of anilines is 2. The Balaban J connectivity index is 1.65. The van der Waals surface area contributed by atoms with Crippen LogP contribution in [-0.4, -0.2) is 29.0 Å². The van der Waals surface area contributed by atoms with Crippen molar-refractivity contribution in [3.63, 3.8) is 0 Å². The molecule has 0 aliphatic carbocycles. The molecule has 3 rings (SSSR count). The summed E-state index contributed by atoms with van der Waals surface area (Å²) < 4.78 is 0. The third-order valence-corrected chi connectivity index (χ3v) is 3.91. The van der Waals surface area contributed by atoms with Crippen molar-refractivity contribution in [1.82, 2.24) is 9.97 Å². The molecule has 2 heterocycles. The van der Waals surface area contributed by atoms with Gasteiger partial charge in [0.15, 0.2) is 0 Å². The Morgan fingerprint density at radius 1 is 1.14 bits per heavy atom. The van der Waals surface area contributed by atoms with Gasteiger partial charge in [-0.15, -0.1) is 0 Å². The van der Waals surface area contributed by atoms with Crippen LogP contribution in [0.5, 0.6) is 0 Å². The number of benzene rings is 1. The fraction of sp³-hybridized carbons (Fsp3) is 0.353. The van der Waals surface area contributed by atoms with Crippen LogP contribution in [0, 0.1) is 0 Å². The predicted molar refractivity (Wildman–Crippen MR) is 87.3 cm³/mol. The number of nitrogens with zero attached hydrogens (tertiary/aromatic N) is 3. The van der Waals surface area contributed by atoms with Gasteiger partial charge in [0, 0.05) is 18.7 Å². The number of aromatic nitrogens is 2. The Bertz CT molecular complexity index is 631. The second-order valence-corrected chi connectivity index (χ2v) is 5.47. The van der Waals surface area contributed by atoms with Crippen LogP contribution >= 0.6 is 0 Å². The molecule has 5 nitrogen and oxygen atoms in total. The molecule has 0 spiro atoms. The largest absolute Gasteiger partial charge is 0.341 e. The van der Waals surface area contributed by atoms with E-state index in [-0.39, 0.29) is 5.91 Å². The lowest BCUT2D eigenvalue weighted by molar-refractivity contribution is 0.102. The van der Waals surface area contributed by atoms with Gasteiger partial charge in [0.2, 0.25) is 5.95 Å². The highest BCUT2D eigenvalue weighted by atomic mass is 16.1. The quantitative estimate of drug-likeness (QED) is 0.942. The molecule has 1 N–H and O–H groups in total. The van der Waals surface area contributed by atoms with E-state index in [0.29, 0.717) is 11.3 Å². The number of carbonyl (C=O) groups is 1. The van der Waals surface area contributed by atoms with Crippen molar-refractivity contribution in [1.29, 1.82) is 0 Å². The van der Waals surface area contributed by atoms with Crippen LogP contribution < -0.4 is 10.2 Å². The minimum Gasteiger partial charge on any atom is -0.341 e. The summed E-state index contributed by atoms with van der Waals surface area (Å²) in [5, 5.41) is 2.83. The highest BCUT2D eigenvalue weighted by molar-refractivity contribution is 6.04. The van der Waals surface area contributed by atoms with Crippen molar-refractivity contribution in [2.45, 2.75) is 26.2 Å². The van der Waals surface area contributed by atoms with Gasteiger partial charge in [-0.25, -0.2) is 9.97 Å². The number of amides is 1. The summed E-state index contributed by atoms with van der Waals surface area (Å²) in [6, 6.07) is 7.63. The first-order chi connectivity index (χ1) is 10.8. The summed E-state index contributed by atoms with van der Waals surface area (Å²) >= 11 is 0. The summed E-state index contributed by atoms with van der Waals surface area (Å²) in [5.74, 6) is 0.600. The Kier molecular flexibility index (Phi) is 4.32. The second kappa shape index (κ2) is 6.56. The van der Waals surface area contributed by atoms with Gasteiger partial charge in [-0.1, -0.05) is 19.1 Å². The number of carbonyl (C=O) groups excluding carboxylic acids is 1. The van der Waals surface area contributed by atoms with Gasteiger partial charge < -0.3 is 10.2 Å². The maximum Gasteiger partial charge on any atom is 0.255 e. The molecule has 1 aromatic carbocycles. The number of nitrogens with one attached hydrogen (secondary N) is 1. The SMILES string of the molecule is CCc1ccc(C(=O)Nc2cnc(N3CCCC3)nc2)cc1. The van der Waals surface area contributed by atoms with Crippen LogP contribution in [0.3, 0.4) is 0 Å². The van der Waals surface area contributed by atoms with E-state index in [4.69, 9.17) is 0 Å². The van der Waals surface area contributed by atoms with Gasteiger partial charge in [0.25, 0.3) is 5.91 Å². The summed E-state index contributed by atoms with van der Waals surface area (Å²) in [6.07, 6.45) is 6.68. The van der Waals surface area contributed by atoms with E-state index in [1.165, 1.54) is 18.4 Å². The van der Waals surface area contributed by atoms with Crippen molar-refractivity contribution >= 4 is 17.5 Å². The minimum atomic E-state index is -0.139. The van der Waals surface area contributed by atoms with Gasteiger partial charge in [0.1, 0.15) is 0 Å². The van der Waals surface area contributed by atoms with E-state index in [0.717, 1.165) is 25.5 Å².